The molecule has 0 saturated heterocycles. The summed E-state index contributed by atoms with van der Waals surface area (Å²) in [4.78, 5) is 24.6. The van der Waals surface area contributed by atoms with Crippen molar-refractivity contribution < 1.29 is 4.79 Å². The molecule has 4 aromatic heterocycles. The second-order valence-electron chi connectivity index (χ2n) is 6.91. The number of hydrogen-bond acceptors (Lipinski definition) is 4. The molecule has 0 spiro atoms. The predicted molar refractivity (Wildman–Crippen MR) is 116 cm³/mol. The van der Waals surface area contributed by atoms with Crippen LogP contribution in [0.1, 0.15) is 10.4 Å². The molecule has 0 radical (unpaired) electrons. The fourth-order valence-electron chi connectivity index (χ4n) is 3.46. The first-order chi connectivity index (χ1) is 14.7. The molecular weight excluding hydrogens is 374 g/mol. The van der Waals surface area contributed by atoms with Gasteiger partial charge in [0.15, 0.2) is 0 Å². The third-order valence-electron chi connectivity index (χ3n) is 4.99. The van der Waals surface area contributed by atoms with Gasteiger partial charge in [-0.3, -0.25) is 19.2 Å². The van der Waals surface area contributed by atoms with Crippen LogP contribution < -0.4 is 5.73 Å². The van der Waals surface area contributed by atoms with Gasteiger partial charge in [-0.15, -0.1) is 0 Å². The maximum absolute atomic E-state index is 11.4. The Kier molecular flexibility index (Phi) is 4.29. The second kappa shape index (κ2) is 7.25. The number of imidazole rings is 1. The van der Waals surface area contributed by atoms with Gasteiger partial charge < -0.3 is 5.73 Å². The Morgan fingerprint density at radius 1 is 0.800 bits per heavy atom. The molecule has 0 unspecified atom stereocenters. The summed E-state index contributed by atoms with van der Waals surface area (Å²) < 4.78 is 2.03. The van der Waals surface area contributed by atoms with E-state index in [1.54, 1.807) is 12.3 Å². The largest absolute Gasteiger partial charge is 0.366 e. The predicted octanol–water partition coefficient (Wildman–Crippen LogP) is 4.22. The first-order valence-electron chi connectivity index (χ1n) is 9.43. The summed E-state index contributed by atoms with van der Waals surface area (Å²) in [5.41, 5.74) is 12.3. The number of aromatic nitrogens is 4. The number of nitrogens with zero attached hydrogens (tertiary/aromatic N) is 4. The molecule has 6 heteroatoms. The molecule has 0 aliphatic rings. The Labute approximate surface area is 172 Å². The SMILES string of the molecule is NC(=O)c1cncc(-c2ccn3c(-c4ccnc(-c5ccccc5)c4)cnc3c2)c1. The van der Waals surface area contributed by atoms with Gasteiger partial charge in [-0.1, -0.05) is 30.3 Å². The number of fused-ring (bicyclic) bond motifs is 1. The average molecular weight is 391 g/mol. The van der Waals surface area contributed by atoms with Crippen molar-refractivity contribution in [3.8, 4) is 33.6 Å². The van der Waals surface area contributed by atoms with Gasteiger partial charge in [0.1, 0.15) is 5.65 Å². The van der Waals surface area contributed by atoms with E-state index >= 15 is 0 Å². The van der Waals surface area contributed by atoms with Crippen molar-refractivity contribution in [2.24, 2.45) is 5.73 Å². The van der Waals surface area contributed by atoms with Crippen molar-refractivity contribution in [1.29, 1.82) is 0 Å². The van der Waals surface area contributed by atoms with E-state index in [2.05, 4.69) is 21.0 Å². The van der Waals surface area contributed by atoms with Crippen LogP contribution in [0.5, 0.6) is 0 Å². The highest BCUT2D eigenvalue weighted by molar-refractivity contribution is 5.93. The number of amides is 1. The summed E-state index contributed by atoms with van der Waals surface area (Å²) >= 11 is 0. The number of carbonyl (C=O) groups excluding carboxylic acids is 1. The summed E-state index contributed by atoms with van der Waals surface area (Å²) in [5, 5.41) is 0. The maximum Gasteiger partial charge on any atom is 0.250 e. The molecule has 2 N–H and O–H groups in total. The second-order valence-corrected chi connectivity index (χ2v) is 6.91. The minimum atomic E-state index is -0.500. The van der Waals surface area contributed by atoms with Gasteiger partial charge in [-0.05, 0) is 35.9 Å². The van der Waals surface area contributed by atoms with Crippen LogP contribution in [-0.2, 0) is 0 Å². The quantitative estimate of drug-likeness (QED) is 0.497. The molecule has 6 nitrogen and oxygen atoms in total. The van der Waals surface area contributed by atoms with Crippen LogP contribution in [-0.4, -0.2) is 25.3 Å². The molecule has 0 aliphatic heterocycles. The molecule has 5 aromatic rings. The van der Waals surface area contributed by atoms with Gasteiger partial charge in [-0.25, -0.2) is 4.98 Å². The van der Waals surface area contributed by atoms with Crippen molar-refractivity contribution in [2.75, 3.05) is 0 Å². The Hall–Kier alpha value is -4.32. The van der Waals surface area contributed by atoms with Crippen LogP contribution in [0.3, 0.4) is 0 Å². The summed E-state index contributed by atoms with van der Waals surface area (Å²) in [6, 6.07) is 19.8. The van der Waals surface area contributed by atoms with Crippen molar-refractivity contribution in [3.63, 3.8) is 0 Å². The summed E-state index contributed by atoms with van der Waals surface area (Å²) in [6.45, 7) is 0. The molecule has 0 saturated carbocycles. The fraction of sp³-hybridized carbons (Fsp3) is 0. The van der Waals surface area contributed by atoms with Crippen molar-refractivity contribution >= 4 is 11.6 Å². The van der Waals surface area contributed by atoms with Crippen LogP contribution >= 0.6 is 0 Å². The molecule has 0 atom stereocenters. The highest BCUT2D eigenvalue weighted by atomic mass is 16.1. The smallest absolute Gasteiger partial charge is 0.250 e. The molecule has 5 rings (SSSR count). The van der Waals surface area contributed by atoms with Gasteiger partial charge in [0.2, 0.25) is 5.91 Å². The Morgan fingerprint density at radius 2 is 1.67 bits per heavy atom. The Balaban J connectivity index is 1.55. The number of hydrogen-bond donors (Lipinski definition) is 1. The van der Waals surface area contributed by atoms with Crippen LogP contribution in [0.4, 0.5) is 0 Å². The molecular formula is C24H17N5O. The van der Waals surface area contributed by atoms with Gasteiger partial charge in [-0.2, -0.15) is 0 Å². The van der Waals surface area contributed by atoms with Crippen molar-refractivity contribution in [2.45, 2.75) is 0 Å². The zero-order chi connectivity index (χ0) is 20.5. The minimum absolute atomic E-state index is 0.377. The highest BCUT2D eigenvalue weighted by Crippen LogP contribution is 2.27. The zero-order valence-electron chi connectivity index (χ0n) is 15.9. The highest BCUT2D eigenvalue weighted by Gasteiger charge is 2.10. The van der Waals surface area contributed by atoms with Crippen LogP contribution in [0.25, 0.3) is 39.3 Å². The third kappa shape index (κ3) is 3.20. The molecule has 0 aliphatic carbocycles. The van der Waals surface area contributed by atoms with Crippen LogP contribution in [0.15, 0.2) is 91.6 Å². The van der Waals surface area contributed by atoms with Crippen LogP contribution in [0, 0.1) is 0 Å². The van der Waals surface area contributed by atoms with Gasteiger partial charge >= 0.3 is 0 Å². The maximum atomic E-state index is 11.4. The lowest BCUT2D eigenvalue weighted by Gasteiger charge is -2.07. The number of primary amides is 1. The topological polar surface area (TPSA) is 86.2 Å². The summed E-state index contributed by atoms with van der Waals surface area (Å²) in [7, 11) is 0. The van der Waals surface area contributed by atoms with Gasteiger partial charge in [0, 0.05) is 41.5 Å². The van der Waals surface area contributed by atoms with Crippen molar-refractivity contribution in [1.82, 2.24) is 19.4 Å². The van der Waals surface area contributed by atoms with Crippen LogP contribution in [0.2, 0.25) is 0 Å². The molecule has 0 fully saturated rings. The van der Waals surface area contributed by atoms with E-state index in [1.165, 1.54) is 6.20 Å². The lowest BCUT2D eigenvalue weighted by molar-refractivity contribution is 0.1000. The van der Waals surface area contributed by atoms with E-state index in [-0.39, 0.29) is 0 Å². The standard InChI is InChI=1S/C24H17N5O/c25-24(30)20-10-19(13-26-14-20)17-7-9-29-22(15-28-23(29)12-17)18-6-8-27-21(11-18)16-4-2-1-3-5-16/h1-15H,(H2,25,30). The molecule has 0 bridgehead atoms. The van der Waals surface area contributed by atoms with Gasteiger partial charge in [0.05, 0.1) is 23.1 Å². The number of pyridine rings is 3. The molecule has 1 amide bonds. The first kappa shape index (κ1) is 17.8. The monoisotopic (exact) mass is 391 g/mol. The van der Waals surface area contributed by atoms with E-state index in [9.17, 15) is 4.79 Å². The first-order valence-corrected chi connectivity index (χ1v) is 9.43. The third-order valence-corrected chi connectivity index (χ3v) is 4.99. The molecule has 1 aromatic carbocycles. The number of benzene rings is 1. The molecule has 30 heavy (non-hydrogen) atoms. The van der Waals surface area contributed by atoms with E-state index in [4.69, 9.17) is 5.73 Å². The Morgan fingerprint density at radius 3 is 2.50 bits per heavy atom. The number of nitrogens with two attached hydrogens (primary N) is 1. The lowest BCUT2D eigenvalue weighted by Crippen LogP contribution is -2.11. The summed E-state index contributed by atoms with van der Waals surface area (Å²) in [5.74, 6) is -0.500. The zero-order valence-corrected chi connectivity index (χ0v) is 15.9. The normalized spacial score (nSPS) is 10.9. The summed E-state index contributed by atoms with van der Waals surface area (Å²) in [6.07, 6.45) is 8.79. The van der Waals surface area contributed by atoms with Gasteiger partial charge in [0.25, 0.3) is 0 Å². The average Bonchev–Trinajstić information content (AvgIpc) is 3.23. The number of rotatable bonds is 4. The minimum Gasteiger partial charge on any atom is -0.366 e. The number of carbonyl (C=O) groups is 1. The lowest BCUT2D eigenvalue weighted by atomic mass is 10.1. The van der Waals surface area contributed by atoms with E-state index < -0.39 is 5.91 Å². The molecule has 144 valence electrons. The fourth-order valence-corrected chi connectivity index (χ4v) is 3.46. The van der Waals surface area contributed by atoms with E-state index in [0.29, 0.717) is 5.56 Å². The Bertz CT molecular complexity index is 1380. The van der Waals surface area contributed by atoms with Crippen molar-refractivity contribution in [3.05, 3.63) is 97.2 Å². The van der Waals surface area contributed by atoms with E-state index in [0.717, 1.165) is 39.3 Å². The molecule has 4 heterocycles. The van der Waals surface area contributed by atoms with E-state index in [1.807, 2.05) is 71.5 Å².